The van der Waals surface area contributed by atoms with Crippen molar-refractivity contribution in [2.24, 2.45) is 17.8 Å². The lowest BCUT2D eigenvalue weighted by Gasteiger charge is -2.18. The molecule has 0 aromatic carbocycles. The first-order chi connectivity index (χ1) is 29.1. The zero-order chi connectivity index (χ0) is 44.2. The summed E-state index contributed by atoms with van der Waals surface area (Å²) in [4.78, 5) is 37.9. The fourth-order valence-corrected chi connectivity index (χ4v) is 8.08. The molecule has 0 N–H and O–H groups in total. The SMILES string of the molecule is CCC(C)CCCCCCCCCCCCC(=O)OC[C@H](COC(=O)CCCCCCCCCC(C)C)OC(=O)CCCCCCCCCCCCCCCCCC(C)C. The summed E-state index contributed by atoms with van der Waals surface area (Å²) in [7, 11) is 0. The largest absolute Gasteiger partial charge is 0.462 e. The van der Waals surface area contributed by atoms with Crippen LogP contribution >= 0.6 is 0 Å². The van der Waals surface area contributed by atoms with Crippen LogP contribution in [0.25, 0.3) is 0 Å². The Balaban J connectivity index is 4.28. The maximum atomic E-state index is 12.8. The molecule has 0 aliphatic rings. The van der Waals surface area contributed by atoms with Gasteiger partial charge in [0.2, 0.25) is 0 Å². The van der Waals surface area contributed by atoms with Crippen molar-refractivity contribution in [2.75, 3.05) is 13.2 Å². The van der Waals surface area contributed by atoms with Crippen LogP contribution in [0.3, 0.4) is 0 Å². The second kappa shape index (κ2) is 45.4. The van der Waals surface area contributed by atoms with Gasteiger partial charge in [0.05, 0.1) is 0 Å². The molecule has 0 aliphatic heterocycles. The highest BCUT2D eigenvalue weighted by atomic mass is 16.6. The molecule has 60 heavy (non-hydrogen) atoms. The summed E-state index contributed by atoms with van der Waals surface area (Å²) >= 11 is 0. The lowest BCUT2D eigenvalue weighted by molar-refractivity contribution is -0.167. The number of rotatable bonds is 47. The maximum absolute atomic E-state index is 12.8. The lowest BCUT2D eigenvalue weighted by atomic mass is 9.99. The summed E-state index contributed by atoms with van der Waals surface area (Å²) in [5, 5.41) is 0. The normalized spacial score (nSPS) is 12.6. The van der Waals surface area contributed by atoms with Gasteiger partial charge in [-0.1, -0.05) is 253 Å². The smallest absolute Gasteiger partial charge is 0.306 e. The van der Waals surface area contributed by atoms with E-state index >= 15 is 0 Å². The molecule has 0 bridgehead atoms. The minimum Gasteiger partial charge on any atom is -0.462 e. The number of carbonyl (C=O) groups excluding carboxylic acids is 3. The van der Waals surface area contributed by atoms with E-state index in [0.717, 1.165) is 75.5 Å². The van der Waals surface area contributed by atoms with Crippen LogP contribution in [0.15, 0.2) is 0 Å². The van der Waals surface area contributed by atoms with E-state index < -0.39 is 6.10 Å². The van der Waals surface area contributed by atoms with E-state index in [1.807, 2.05) is 0 Å². The molecule has 1 unspecified atom stereocenters. The molecule has 0 aromatic rings. The molecule has 0 aliphatic carbocycles. The first kappa shape index (κ1) is 58.4. The van der Waals surface area contributed by atoms with Crippen LogP contribution in [0.1, 0.15) is 292 Å². The van der Waals surface area contributed by atoms with Crippen molar-refractivity contribution in [1.82, 2.24) is 0 Å². The Hall–Kier alpha value is -1.59. The molecular weight excluding hydrogens is 745 g/mol. The van der Waals surface area contributed by atoms with Gasteiger partial charge in [0.15, 0.2) is 6.10 Å². The van der Waals surface area contributed by atoms with Crippen LogP contribution in [-0.2, 0) is 28.6 Å². The monoisotopic (exact) mass is 849 g/mol. The Bertz CT molecular complexity index is 931. The predicted molar refractivity (Wildman–Crippen MR) is 256 cm³/mol. The molecular formula is C54H104O6. The van der Waals surface area contributed by atoms with E-state index in [2.05, 4.69) is 41.5 Å². The van der Waals surface area contributed by atoms with Gasteiger partial charge in [-0.15, -0.1) is 0 Å². The summed E-state index contributed by atoms with van der Waals surface area (Å²) in [6.07, 6.45) is 45.2. The molecule has 0 spiro atoms. The van der Waals surface area contributed by atoms with E-state index in [9.17, 15) is 14.4 Å². The third-order valence-corrected chi connectivity index (χ3v) is 12.5. The first-order valence-corrected chi connectivity index (χ1v) is 26.6. The standard InChI is InChI=1S/C54H104O6/c1-7-50(6)42-36-30-24-18-15-16-19-25-31-37-43-52(55)58-46-51(47-59-53(56)44-38-32-27-21-23-29-35-41-49(4)5)60-54(57)45-39-33-26-20-14-12-10-8-9-11-13-17-22-28-34-40-48(2)3/h48-51H,7-47H2,1-6H3/t50?,51-/m1/s1. The van der Waals surface area contributed by atoms with Gasteiger partial charge in [0, 0.05) is 19.3 Å². The van der Waals surface area contributed by atoms with Crippen LogP contribution in [-0.4, -0.2) is 37.2 Å². The highest BCUT2D eigenvalue weighted by molar-refractivity contribution is 5.71. The van der Waals surface area contributed by atoms with Gasteiger partial charge in [-0.2, -0.15) is 0 Å². The summed E-state index contributed by atoms with van der Waals surface area (Å²) < 4.78 is 16.8. The summed E-state index contributed by atoms with van der Waals surface area (Å²) in [5.74, 6) is 1.65. The molecule has 0 radical (unpaired) electrons. The quantitative estimate of drug-likeness (QED) is 0.0345. The highest BCUT2D eigenvalue weighted by Crippen LogP contribution is 2.18. The Morgan fingerprint density at radius 1 is 0.333 bits per heavy atom. The first-order valence-electron chi connectivity index (χ1n) is 26.6. The van der Waals surface area contributed by atoms with Gasteiger partial charge in [-0.25, -0.2) is 0 Å². The van der Waals surface area contributed by atoms with Crippen molar-refractivity contribution in [3.63, 3.8) is 0 Å². The Morgan fingerprint density at radius 2 is 0.583 bits per heavy atom. The Kier molecular flexibility index (Phi) is 44.2. The average Bonchev–Trinajstić information content (AvgIpc) is 3.22. The van der Waals surface area contributed by atoms with E-state index in [-0.39, 0.29) is 31.1 Å². The van der Waals surface area contributed by atoms with Gasteiger partial charge in [0.1, 0.15) is 13.2 Å². The molecule has 0 saturated heterocycles. The van der Waals surface area contributed by atoms with Crippen LogP contribution < -0.4 is 0 Å². The molecule has 6 nitrogen and oxygen atoms in total. The number of unbranched alkanes of at least 4 members (excludes halogenated alkanes) is 29. The number of esters is 3. The van der Waals surface area contributed by atoms with Crippen LogP contribution in [0.4, 0.5) is 0 Å². The summed E-state index contributed by atoms with van der Waals surface area (Å²) in [6.45, 7) is 13.7. The minimum absolute atomic E-state index is 0.0650. The van der Waals surface area contributed by atoms with Crippen molar-refractivity contribution in [3.05, 3.63) is 0 Å². The molecule has 356 valence electrons. The minimum atomic E-state index is -0.763. The van der Waals surface area contributed by atoms with Gasteiger partial charge in [0.25, 0.3) is 0 Å². The fraction of sp³-hybridized carbons (Fsp3) is 0.944. The average molecular weight is 849 g/mol. The third-order valence-electron chi connectivity index (χ3n) is 12.5. The van der Waals surface area contributed by atoms with Crippen LogP contribution in [0, 0.1) is 17.8 Å². The Morgan fingerprint density at radius 3 is 0.867 bits per heavy atom. The van der Waals surface area contributed by atoms with Gasteiger partial charge >= 0.3 is 17.9 Å². The third kappa shape index (κ3) is 45.9. The maximum Gasteiger partial charge on any atom is 0.306 e. The fourth-order valence-electron chi connectivity index (χ4n) is 8.08. The van der Waals surface area contributed by atoms with Crippen LogP contribution in [0.2, 0.25) is 0 Å². The zero-order valence-electron chi connectivity index (χ0n) is 41.3. The molecule has 0 amide bonds. The predicted octanol–water partition coefficient (Wildman–Crippen LogP) is 17.2. The number of carbonyl (C=O) groups is 3. The van der Waals surface area contributed by atoms with Crippen LogP contribution in [0.5, 0.6) is 0 Å². The van der Waals surface area contributed by atoms with Gasteiger partial charge in [-0.05, 0) is 37.0 Å². The molecule has 2 atom stereocenters. The van der Waals surface area contributed by atoms with E-state index in [1.165, 1.54) is 173 Å². The number of hydrogen-bond acceptors (Lipinski definition) is 6. The molecule has 0 saturated carbocycles. The topological polar surface area (TPSA) is 78.9 Å². The van der Waals surface area contributed by atoms with E-state index in [4.69, 9.17) is 14.2 Å². The zero-order valence-corrected chi connectivity index (χ0v) is 41.3. The molecule has 0 fully saturated rings. The van der Waals surface area contributed by atoms with E-state index in [1.54, 1.807) is 0 Å². The number of ether oxygens (including phenoxy) is 3. The lowest BCUT2D eigenvalue weighted by Crippen LogP contribution is -2.30. The molecule has 6 heteroatoms. The molecule has 0 rings (SSSR count). The van der Waals surface area contributed by atoms with Crippen molar-refractivity contribution >= 4 is 17.9 Å². The van der Waals surface area contributed by atoms with Crippen molar-refractivity contribution in [2.45, 2.75) is 298 Å². The van der Waals surface area contributed by atoms with Crippen molar-refractivity contribution in [1.29, 1.82) is 0 Å². The molecule has 0 heterocycles. The second-order valence-electron chi connectivity index (χ2n) is 19.7. The Labute approximate surface area is 374 Å². The number of hydrogen-bond donors (Lipinski definition) is 0. The van der Waals surface area contributed by atoms with Crippen molar-refractivity contribution in [3.8, 4) is 0 Å². The van der Waals surface area contributed by atoms with Gasteiger partial charge in [-0.3, -0.25) is 14.4 Å². The van der Waals surface area contributed by atoms with Gasteiger partial charge < -0.3 is 14.2 Å². The summed E-state index contributed by atoms with van der Waals surface area (Å²) in [5.41, 5.74) is 0. The second-order valence-corrected chi connectivity index (χ2v) is 19.7. The molecule has 0 aromatic heterocycles. The van der Waals surface area contributed by atoms with Crippen molar-refractivity contribution < 1.29 is 28.6 Å². The summed E-state index contributed by atoms with van der Waals surface area (Å²) in [6, 6.07) is 0. The van der Waals surface area contributed by atoms with E-state index in [0.29, 0.717) is 19.3 Å². The highest BCUT2D eigenvalue weighted by Gasteiger charge is 2.19.